The van der Waals surface area contributed by atoms with Crippen LogP contribution in [0.3, 0.4) is 0 Å². The Morgan fingerprint density at radius 1 is 1.19 bits per heavy atom. The van der Waals surface area contributed by atoms with E-state index in [0.29, 0.717) is 11.2 Å². The number of hydrogen-bond acceptors (Lipinski definition) is 4. The quantitative estimate of drug-likeness (QED) is 0.787. The number of pyridine rings is 1. The minimum absolute atomic E-state index is 0.116. The van der Waals surface area contributed by atoms with Crippen molar-refractivity contribution in [3.05, 3.63) is 36.7 Å². The third kappa shape index (κ3) is 3.03. The van der Waals surface area contributed by atoms with Crippen molar-refractivity contribution in [2.24, 2.45) is 12.5 Å². The van der Waals surface area contributed by atoms with Crippen LogP contribution in [0.1, 0.15) is 20.8 Å². The van der Waals surface area contributed by atoms with Crippen LogP contribution < -0.4 is 10.2 Å². The number of aromatic nitrogens is 3. The summed E-state index contributed by atoms with van der Waals surface area (Å²) < 4.78 is 1.79. The highest BCUT2D eigenvalue weighted by Gasteiger charge is 2.35. The third-order valence-corrected chi connectivity index (χ3v) is 4.69. The number of anilines is 2. The van der Waals surface area contributed by atoms with E-state index in [2.05, 4.69) is 47.4 Å². The van der Waals surface area contributed by atoms with Gasteiger partial charge in [0.1, 0.15) is 11.6 Å². The van der Waals surface area contributed by atoms with E-state index < -0.39 is 0 Å². The van der Waals surface area contributed by atoms with E-state index in [4.69, 9.17) is 4.98 Å². The molecule has 1 saturated heterocycles. The van der Waals surface area contributed by atoms with Gasteiger partial charge in [-0.1, -0.05) is 26.0 Å². The summed E-state index contributed by atoms with van der Waals surface area (Å²) in [6.45, 7) is 7.93. The molecule has 0 atom stereocenters. The van der Waals surface area contributed by atoms with Crippen molar-refractivity contribution >= 4 is 28.3 Å². The van der Waals surface area contributed by atoms with Gasteiger partial charge < -0.3 is 10.2 Å². The lowest BCUT2D eigenvalue weighted by Gasteiger charge is -2.47. The fourth-order valence-electron chi connectivity index (χ4n) is 3.61. The number of hydrogen-bond donors (Lipinski definition) is 1. The molecule has 1 aliphatic rings. The largest absolute Gasteiger partial charge is 0.355 e. The lowest BCUT2D eigenvalue weighted by atomic mass is 9.84. The van der Waals surface area contributed by atoms with Crippen LogP contribution in [0.25, 0.3) is 21.9 Å². The Morgan fingerprint density at radius 3 is 2.58 bits per heavy atom. The van der Waals surface area contributed by atoms with Gasteiger partial charge >= 0.3 is 0 Å². The maximum Gasteiger partial charge on any atom is 0.222 e. The van der Waals surface area contributed by atoms with E-state index in [0.717, 1.165) is 40.8 Å². The molecule has 0 radical (unpaired) electrons. The highest BCUT2D eigenvalue weighted by molar-refractivity contribution is 5.99. The zero-order valence-corrected chi connectivity index (χ0v) is 15.6. The summed E-state index contributed by atoms with van der Waals surface area (Å²) in [5, 5.41) is 9.24. The second-order valence-electron chi connectivity index (χ2n) is 7.87. The summed E-state index contributed by atoms with van der Waals surface area (Å²) in [4.78, 5) is 18.5. The van der Waals surface area contributed by atoms with Crippen molar-refractivity contribution < 1.29 is 4.79 Å². The number of amides is 1. The molecule has 0 bridgehead atoms. The van der Waals surface area contributed by atoms with E-state index in [9.17, 15) is 4.79 Å². The van der Waals surface area contributed by atoms with Crippen LogP contribution in [-0.2, 0) is 11.8 Å². The van der Waals surface area contributed by atoms with Crippen molar-refractivity contribution in [1.29, 1.82) is 0 Å². The molecule has 0 unspecified atom stereocenters. The van der Waals surface area contributed by atoms with Crippen LogP contribution in [0.4, 0.5) is 11.6 Å². The average Bonchev–Trinajstić information content (AvgIpc) is 2.97. The fourth-order valence-corrected chi connectivity index (χ4v) is 3.61. The molecule has 1 N–H and O–H groups in total. The van der Waals surface area contributed by atoms with Crippen molar-refractivity contribution in [2.45, 2.75) is 20.8 Å². The van der Waals surface area contributed by atoms with Crippen LogP contribution in [0.2, 0.25) is 0 Å². The van der Waals surface area contributed by atoms with E-state index in [1.807, 2.05) is 25.5 Å². The summed E-state index contributed by atoms with van der Waals surface area (Å²) in [5.74, 6) is 1.41. The van der Waals surface area contributed by atoms with Crippen molar-refractivity contribution in [3.8, 4) is 11.1 Å². The van der Waals surface area contributed by atoms with Crippen molar-refractivity contribution in [3.63, 3.8) is 0 Å². The molecule has 1 amide bonds. The van der Waals surface area contributed by atoms with Crippen LogP contribution in [-0.4, -0.2) is 33.8 Å². The molecule has 1 aromatic carbocycles. The Labute approximate surface area is 152 Å². The van der Waals surface area contributed by atoms with Gasteiger partial charge in [-0.25, -0.2) is 4.98 Å². The van der Waals surface area contributed by atoms with Gasteiger partial charge in [-0.3, -0.25) is 9.48 Å². The Morgan fingerprint density at radius 2 is 1.96 bits per heavy atom. The molecule has 134 valence electrons. The number of carbonyl (C=O) groups excluding carboxylic acids is 1. The molecular formula is C20H23N5O. The fraction of sp³-hybridized carbons (Fsp3) is 0.350. The Kier molecular flexibility index (Phi) is 3.72. The van der Waals surface area contributed by atoms with Gasteiger partial charge in [0.15, 0.2) is 0 Å². The molecule has 6 heteroatoms. The van der Waals surface area contributed by atoms with Crippen LogP contribution in [0, 0.1) is 5.41 Å². The summed E-state index contributed by atoms with van der Waals surface area (Å²) in [5.41, 5.74) is 2.47. The Balaban J connectivity index is 1.82. The number of carbonyl (C=O) groups is 1. The second-order valence-corrected chi connectivity index (χ2v) is 7.87. The molecule has 0 saturated carbocycles. The summed E-state index contributed by atoms with van der Waals surface area (Å²) in [6.07, 6.45) is 3.85. The molecular weight excluding hydrogens is 326 g/mol. The van der Waals surface area contributed by atoms with Crippen LogP contribution in [0.5, 0.6) is 0 Å². The molecule has 0 aliphatic carbocycles. The van der Waals surface area contributed by atoms with E-state index in [1.165, 1.54) is 6.92 Å². The molecule has 1 aliphatic heterocycles. The normalized spacial score (nSPS) is 15.8. The van der Waals surface area contributed by atoms with Crippen LogP contribution in [0.15, 0.2) is 36.7 Å². The van der Waals surface area contributed by atoms with Crippen LogP contribution >= 0.6 is 0 Å². The number of nitrogens with zero attached hydrogens (tertiary/aromatic N) is 4. The van der Waals surface area contributed by atoms with Crippen molar-refractivity contribution in [1.82, 2.24) is 14.8 Å². The topological polar surface area (TPSA) is 63.1 Å². The van der Waals surface area contributed by atoms with E-state index in [1.54, 1.807) is 4.68 Å². The number of fused-ring (bicyclic) bond motifs is 1. The molecule has 2 aromatic heterocycles. The van der Waals surface area contributed by atoms with E-state index >= 15 is 0 Å². The first-order valence-electron chi connectivity index (χ1n) is 8.77. The molecule has 6 nitrogen and oxygen atoms in total. The zero-order valence-electron chi connectivity index (χ0n) is 15.6. The lowest BCUT2D eigenvalue weighted by molar-refractivity contribution is -0.114. The molecule has 3 heterocycles. The summed E-state index contributed by atoms with van der Waals surface area (Å²) in [6, 6.07) is 8.29. The predicted octanol–water partition coefficient (Wildman–Crippen LogP) is 3.44. The molecule has 3 aromatic rings. The first kappa shape index (κ1) is 16.6. The molecule has 0 spiro atoms. The van der Waals surface area contributed by atoms with Gasteiger partial charge in [-0.05, 0) is 28.5 Å². The first-order chi connectivity index (χ1) is 12.3. The minimum atomic E-state index is -0.116. The number of benzene rings is 1. The van der Waals surface area contributed by atoms with Gasteiger partial charge in [-0.2, -0.15) is 5.10 Å². The molecule has 26 heavy (non-hydrogen) atoms. The monoisotopic (exact) mass is 349 g/mol. The maximum atomic E-state index is 11.5. The van der Waals surface area contributed by atoms with Gasteiger partial charge in [-0.15, -0.1) is 0 Å². The number of nitrogens with one attached hydrogen (secondary N) is 1. The third-order valence-electron chi connectivity index (χ3n) is 4.69. The van der Waals surface area contributed by atoms with Gasteiger partial charge in [0, 0.05) is 44.2 Å². The average molecular weight is 349 g/mol. The smallest absolute Gasteiger partial charge is 0.222 e. The number of aryl methyl sites for hydroxylation is 1. The summed E-state index contributed by atoms with van der Waals surface area (Å²) >= 11 is 0. The van der Waals surface area contributed by atoms with Gasteiger partial charge in [0.25, 0.3) is 0 Å². The number of rotatable bonds is 3. The van der Waals surface area contributed by atoms with E-state index in [-0.39, 0.29) is 5.91 Å². The predicted molar refractivity (Wildman–Crippen MR) is 104 cm³/mol. The molecule has 1 fully saturated rings. The Bertz CT molecular complexity index is 997. The first-order valence-corrected chi connectivity index (χ1v) is 8.77. The van der Waals surface area contributed by atoms with Crippen molar-refractivity contribution in [2.75, 3.05) is 23.3 Å². The minimum Gasteiger partial charge on any atom is -0.355 e. The highest BCUT2D eigenvalue weighted by atomic mass is 16.1. The maximum absolute atomic E-state index is 11.5. The second kappa shape index (κ2) is 5.83. The highest BCUT2D eigenvalue weighted by Crippen LogP contribution is 2.38. The molecule has 4 rings (SSSR count). The standard InChI is InChI=1S/C20H23N5O/c1-13(26)22-18-8-15-7-14(16-9-21-24(4)10-16)5-6-17(15)19(23-18)25-11-20(2,3)12-25/h5-10H,11-12H2,1-4H3,(H,22,23,26). The van der Waals surface area contributed by atoms with Gasteiger partial charge in [0.05, 0.1) is 6.20 Å². The lowest BCUT2D eigenvalue weighted by Crippen LogP contribution is -2.53. The summed E-state index contributed by atoms with van der Waals surface area (Å²) in [7, 11) is 1.91. The van der Waals surface area contributed by atoms with Gasteiger partial charge in [0.2, 0.25) is 5.91 Å². The zero-order chi connectivity index (χ0) is 18.5. The SMILES string of the molecule is CC(=O)Nc1cc2cc(-c3cnn(C)c3)ccc2c(N2CC(C)(C)C2)n1. The Hall–Kier alpha value is -2.89.